The molecule has 0 saturated carbocycles. The molecule has 4 atom stereocenters. The van der Waals surface area contributed by atoms with Crippen molar-refractivity contribution in [3.8, 4) is 0 Å². The van der Waals surface area contributed by atoms with Crippen LogP contribution in [-0.2, 0) is 39.9 Å². The first-order valence-electron chi connectivity index (χ1n) is 15.0. The van der Waals surface area contributed by atoms with Gasteiger partial charge in [-0.15, -0.1) is 0 Å². The minimum absolute atomic E-state index is 0.0253. The molecule has 1 aliphatic rings. The number of hydrogen-bond donors (Lipinski definition) is 1. The summed E-state index contributed by atoms with van der Waals surface area (Å²) in [5.41, 5.74) is 3.15. The summed E-state index contributed by atoms with van der Waals surface area (Å²) in [6.45, 7) is 4.02. The van der Waals surface area contributed by atoms with Gasteiger partial charge in [-0.3, -0.25) is 19.0 Å². The molecule has 0 radical (unpaired) electrons. The lowest BCUT2D eigenvalue weighted by Crippen LogP contribution is -2.36. The number of esters is 3. The molecule has 1 N–H and O–H groups in total. The van der Waals surface area contributed by atoms with E-state index in [0.717, 1.165) is 11.1 Å². The Bertz CT molecular complexity index is 1880. The highest BCUT2D eigenvalue weighted by atomic mass is 35.5. The van der Waals surface area contributed by atoms with Gasteiger partial charge in [-0.25, -0.2) is 4.98 Å². The summed E-state index contributed by atoms with van der Waals surface area (Å²) >= 11 is 6.45. The van der Waals surface area contributed by atoms with Crippen molar-refractivity contribution in [3.63, 3.8) is 0 Å². The van der Waals surface area contributed by atoms with Gasteiger partial charge in [0, 0.05) is 39.3 Å². The van der Waals surface area contributed by atoms with E-state index in [1.165, 1.54) is 37.7 Å². The predicted molar refractivity (Wildman–Crippen MR) is 169 cm³/mol. The number of nitrogens with one attached hydrogen (secondary N) is 1. The summed E-state index contributed by atoms with van der Waals surface area (Å²) < 4.78 is 29.7. The van der Waals surface area contributed by atoms with Gasteiger partial charge in [0.15, 0.2) is 47.3 Å². The fraction of sp³-hybridized carbons (Fsp3) is 0.303. The number of halogens is 1. The monoisotopic (exact) mass is 674 g/mol. The third-order valence-corrected chi connectivity index (χ3v) is 7.79. The van der Waals surface area contributed by atoms with Gasteiger partial charge in [0.05, 0.1) is 6.33 Å². The molecule has 0 spiro atoms. The molecule has 248 valence electrons. The van der Waals surface area contributed by atoms with Crippen molar-refractivity contribution in [1.82, 2.24) is 24.7 Å². The number of carbonyl (C=O) groups excluding carboxylic acids is 3. The molecule has 6 rings (SSSR count). The van der Waals surface area contributed by atoms with Crippen molar-refractivity contribution in [2.24, 2.45) is 0 Å². The molecule has 1 fully saturated rings. The minimum atomic E-state index is -1.17. The average molecular weight is 675 g/mol. The number of carbonyl (C=O) groups is 3. The smallest absolute Gasteiger partial charge is 0.303 e. The number of nitrogens with zero attached hydrogens (tertiary/aromatic N) is 5. The summed E-state index contributed by atoms with van der Waals surface area (Å²) in [4.78, 5) is 49.3. The minimum Gasteiger partial charge on any atom is -0.459 e. The van der Waals surface area contributed by atoms with Crippen LogP contribution in [0, 0.1) is 0 Å². The lowest BCUT2D eigenvalue weighted by Gasteiger charge is -2.23. The number of fused-ring (bicyclic) bond motifs is 1. The summed E-state index contributed by atoms with van der Waals surface area (Å²) in [6.07, 6.45) is -3.05. The van der Waals surface area contributed by atoms with Crippen molar-refractivity contribution in [3.05, 3.63) is 101 Å². The van der Waals surface area contributed by atoms with Crippen molar-refractivity contribution in [2.75, 3.05) is 11.9 Å². The van der Waals surface area contributed by atoms with Crippen LogP contribution in [0.1, 0.15) is 61.6 Å². The SMILES string of the molecule is CC(=O)OCc1cc([C@H]2O[C@@H](n3cnc4c(NCC(c5ccccc5)c5ccccc5)nc(Cl)nc43)[C@H](OC(C)=O)[C@@H]2OC(C)=O)on1. The first kappa shape index (κ1) is 32.6. The number of ether oxygens (including phenoxy) is 4. The number of rotatable bonds is 11. The Morgan fingerprint density at radius 1 is 0.917 bits per heavy atom. The summed E-state index contributed by atoms with van der Waals surface area (Å²) in [7, 11) is 0. The predicted octanol–water partition coefficient (Wildman–Crippen LogP) is 4.91. The molecule has 1 aliphatic heterocycles. The van der Waals surface area contributed by atoms with Gasteiger partial charge in [-0.05, 0) is 22.7 Å². The van der Waals surface area contributed by atoms with Crippen molar-refractivity contribution < 1.29 is 37.9 Å². The molecular weight excluding hydrogens is 644 g/mol. The lowest BCUT2D eigenvalue weighted by atomic mass is 9.91. The van der Waals surface area contributed by atoms with Crippen LogP contribution in [-0.4, -0.2) is 61.3 Å². The third-order valence-electron chi connectivity index (χ3n) is 7.62. The van der Waals surface area contributed by atoms with Gasteiger partial charge < -0.3 is 28.8 Å². The second kappa shape index (κ2) is 14.2. The highest BCUT2D eigenvalue weighted by molar-refractivity contribution is 6.28. The van der Waals surface area contributed by atoms with E-state index in [0.29, 0.717) is 23.6 Å². The zero-order valence-corrected chi connectivity index (χ0v) is 26.9. The Hall–Kier alpha value is -5.34. The molecule has 4 heterocycles. The number of aromatic nitrogens is 5. The Morgan fingerprint density at radius 2 is 1.56 bits per heavy atom. The van der Waals surface area contributed by atoms with E-state index in [1.807, 2.05) is 36.4 Å². The van der Waals surface area contributed by atoms with E-state index in [2.05, 4.69) is 49.7 Å². The Labute approximate surface area is 279 Å². The molecule has 0 unspecified atom stereocenters. The van der Waals surface area contributed by atoms with Gasteiger partial charge >= 0.3 is 17.9 Å². The van der Waals surface area contributed by atoms with Crippen molar-refractivity contribution in [2.45, 2.75) is 57.8 Å². The fourth-order valence-electron chi connectivity index (χ4n) is 5.63. The van der Waals surface area contributed by atoms with E-state index < -0.39 is 42.4 Å². The van der Waals surface area contributed by atoms with Crippen LogP contribution in [0.5, 0.6) is 0 Å². The maximum Gasteiger partial charge on any atom is 0.303 e. The summed E-state index contributed by atoms with van der Waals surface area (Å²) in [6, 6.07) is 21.6. The van der Waals surface area contributed by atoms with Gasteiger partial charge in [0.1, 0.15) is 12.3 Å². The molecule has 0 bridgehead atoms. The van der Waals surface area contributed by atoms with E-state index in [1.54, 1.807) is 0 Å². The van der Waals surface area contributed by atoms with E-state index >= 15 is 0 Å². The highest BCUT2D eigenvalue weighted by Gasteiger charge is 2.52. The molecule has 2 aromatic carbocycles. The molecule has 1 saturated heterocycles. The molecule has 15 heteroatoms. The normalized spacial score (nSPS) is 18.9. The van der Waals surface area contributed by atoms with Crippen LogP contribution in [0.4, 0.5) is 5.82 Å². The number of anilines is 1. The maximum absolute atomic E-state index is 12.3. The molecule has 0 aliphatic carbocycles. The van der Waals surface area contributed by atoms with Crippen LogP contribution in [0.3, 0.4) is 0 Å². The molecule has 14 nitrogen and oxygen atoms in total. The number of hydrogen-bond acceptors (Lipinski definition) is 13. The maximum atomic E-state index is 12.3. The van der Waals surface area contributed by atoms with E-state index in [-0.39, 0.29) is 29.2 Å². The van der Waals surface area contributed by atoms with Crippen LogP contribution < -0.4 is 5.32 Å². The number of benzene rings is 2. The lowest BCUT2D eigenvalue weighted by molar-refractivity contribution is -0.165. The molecule has 3 aromatic heterocycles. The zero-order chi connectivity index (χ0) is 33.8. The van der Waals surface area contributed by atoms with Crippen LogP contribution in [0.25, 0.3) is 11.2 Å². The average Bonchev–Trinajstić information content (AvgIpc) is 3.78. The van der Waals surface area contributed by atoms with E-state index in [4.69, 9.17) is 35.1 Å². The molecular formula is C33H31ClN6O8. The molecule has 48 heavy (non-hydrogen) atoms. The highest BCUT2D eigenvalue weighted by Crippen LogP contribution is 2.44. The fourth-order valence-corrected chi connectivity index (χ4v) is 5.80. The Morgan fingerprint density at radius 3 is 2.19 bits per heavy atom. The second-order valence-electron chi connectivity index (χ2n) is 11.0. The Balaban J connectivity index is 1.34. The van der Waals surface area contributed by atoms with Gasteiger partial charge in [0.2, 0.25) is 5.28 Å². The second-order valence-corrected chi connectivity index (χ2v) is 11.4. The van der Waals surface area contributed by atoms with Gasteiger partial charge in [0.25, 0.3) is 0 Å². The van der Waals surface area contributed by atoms with Crippen LogP contribution >= 0.6 is 11.6 Å². The standard InChI is InChI=1S/C33H31ClN6O8/c1-18(41)44-16-23-14-25(48-39-23)27-28(45-19(2)42)29(46-20(3)43)32(47-27)40-17-36-26-30(37-33(34)38-31(26)40)35-15-24(21-10-6-4-7-11-21)22-12-8-5-9-13-22/h4-14,17,24,27-29,32H,15-16H2,1-3H3,(H,35,37,38)/t27-,28-,29-,32-/m1/s1. The van der Waals surface area contributed by atoms with E-state index in [9.17, 15) is 14.4 Å². The number of imidazole rings is 1. The first-order chi connectivity index (χ1) is 23.2. The topological polar surface area (TPSA) is 170 Å². The van der Waals surface area contributed by atoms with Crippen LogP contribution in [0.2, 0.25) is 5.28 Å². The molecule has 0 amide bonds. The van der Waals surface area contributed by atoms with Gasteiger partial charge in [-0.2, -0.15) is 9.97 Å². The zero-order valence-electron chi connectivity index (χ0n) is 26.1. The Kier molecular flexibility index (Phi) is 9.64. The van der Waals surface area contributed by atoms with Crippen molar-refractivity contribution in [1.29, 1.82) is 0 Å². The first-order valence-corrected chi connectivity index (χ1v) is 15.4. The van der Waals surface area contributed by atoms with Crippen molar-refractivity contribution >= 4 is 46.5 Å². The largest absolute Gasteiger partial charge is 0.459 e. The summed E-state index contributed by atoms with van der Waals surface area (Å²) in [5.74, 6) is -1.29. The molecule has 5 aromatic rings. The van der Waals surface area contributed by atoms with Gasteiger partial charge in [-0.1, -0.05) is 65.8 Å². The quantitative estimate of drug-likeness (QED) is 0.114. The summed E-state index contributed by atoms with van der Waals surface area (Å²) in [5, 5.41) is 7.26. The van der Waals surface area contributed by atoms with Crippen LogP contribution in [0.15, 0.2) is 77.6 Å². The third kappa shape index (κ3) is 7.14.